The van der Waals surface area contributed by atoms with Gasteiger partial charge in [0, 0.05) is 38.7 Å². The summed E-state index contributed by atoms with van der Waals surface area (Å²) in [5, 5.41) is 10.0. The number of carboxylic acid groups (broad SMARTS) is 1. The Bertz CT molecular complexity index is 741. The van der Waals surface area contributed by atoms with Gasteiger partial charge < -0.3 is 29.7 Å². The molecule has 1 spiro atoms. The van der Waals surface area contributed by atoms with Gasteiger partial charge in [-0.2, -0.15) is 0 Å². The van der Waals surface area contributed by atoms with Gasteiger partial charge in [-0.05, 0) is 32.0 Å². The third-order valence-corrected chi connectivity index (χ3v) is 5.21. The zero-order valence-electron chi connectivity index (χ0n) is 17.1. The molecule has 160 valence electrons. The SMILES string of the molecule is COc1ccc(C(=O)N2CCN(C)CC3(CCCC(=O)N3)C2)c(OC)c1.O=CO. The van der Waals surface area contributed by atoms with Gasteiger partial charge in [0.1, 0.15) is 11.5 Å². The van der Waals surface area contributed by atoms with Crippen molar-refractivity contribution in [1.82, 2.24) is 15.1 Å². The van der Waals surface area contributed by atoms with Crippen LogP contribution in [0.5, 0.6) is 11.5 Å². The van der Waals surface area contributed by atoms with Crippen molar-refractivity contribution >= 4 is 18.3 Å². The Balaban J connectivity index is 0.000000941. The fourth-order valence-electron chi connectivity index (χ4n) is 3.95. The van der Waals surface area contributed by atoms with Gasteiger partial charge in [-0.3, -0.25) is 14.4 Å². The van der Waals surface area contributed by atoms with Crippen molar-refractivity contribution < 1.29 is 29.0 Å². The molecule has 0 aliphatic carbocycles. The van der Waals surface area contributed by atoms with E-state index in [1.165, 1.54) is 0 Å². The second kappa shape index (κ2) is 10.1. The molecular weight excluding hydrogens is 378 g/mol. The molecular formula is C20H29N3O6. The molecule has 1 aromatic carbocycles. The van der Waals surface area contributed by atoms with E-state index in [-0.39, 0.29) is 23.8 Å². The minimum Gasteiger partial charge on any atom is -0.497 e. The van der Waals surface area contributed by atoms with Crippen LogP contribution in [0.4, 0.5) is 0 Å². The Morgan fingerprint density at radius 1 is 1.24 bits per heavy atom. The maximum atomic E-state index is 13.2. The highest BCUT2D eigenvalue weighted by molar-refractivity contribution is 5.97. The number of nitrogens with one attached hydrogen (secondary N) is 1. The number of carbonyl (C=O) groups excluding carboxylic acids is 2. The number of hydrogen-bond donors (Lipinski definition) is 2. The van der Waals surface area contributed by atoms with Crippen molar-refractivity contribution in [2.45, 2.75) is 24.8 Å². The zero-order chi connectivity index (χ0) is 21.4. The van der Waals surface area contributed by atoms with E-state index in [0.717, 1.165) is 25.9 Å². The molecule has 2 heterocycles. The molecule has 1 atom stereocenters. The number of rotatable bonds is 3. The second-order valence-electron chi connectivity index (χ2n) is 7.32. The third-order valence-electron chi connectivity index (χ3n) is 5.21. The van der Waals surface area contributed by atoms with E-state index in [0.29, 0.717) is 36.6 Å². The quantitative estimate of drug-likeness (QED) is 0.715. The van der Waals surface area contributed by atoms with Crippen molar-refractivity contribution in [2.24, 2.45) is 0 Å². The molecule has 2 fully saturated rings. The minimum atomic E-state index is -0.379. The number of likely N-dealkylation sites (N-methyl/N-ethyl adjacent to an activating group) is 1. The van der Waals surface area contributed by atoms with E-state index in [1.807, 2.05) is 11.9 Å². The first-order valence-electron chi connectivity index (χ1n) is 9.46. The topological polar surface area (TPSA) is 108 Å². The van der Waals surface area contributed by atoms with Crippen LogP contribution in [-0.2, 0) is 9.59 Å². The third kappa shape index (κ3) is 5.60. The van der Waals surface area contributed by atoms with Crippen LogP contribution in [0.25, 0.3) is 0 Å². The van der Waals surface area contributed by atoms with Gasteiger partial charge in [-0.15, -0.1) is 0 Å². The number of amides is 2. The fraction of sp³-hybridized carbons (Fsp3) is 0.550. The highest BCUT2D eigenvalue weighted by Crippen LogP contribution is 2.29. The lowest BCUT2D eigenvalue weighted by atomic mass is 9.87. The molecule has 2 amide bonds. The Morgan fingerprint density at radius 2 is 1.97 bits per heavy atom. The summed E-state index contributed by atoms with van der Waals surface area (Å²) in [4.78, 5) is 37.6. The van der Waals surface area contributed by atoms with Crippen LogP contribution in [0, 0.1) is 0 Å². The Hall–Kier alpha value is -2.81. The van der Waals surface area contributed by atoms with Gasteiger partial charge in [-0.25, -0.2) is 0 Å². The Labute approximate surface area is 170 Å². The van der Waals surface area contributed by atoms with Crippen molar-refractivity contribution in [3.05, 3.63) is 23.8 Å². The van der Waals surface area contributed by atoms with E-state index >= 15 is 0 Å². The number of hydrogen-bond acceptors (Lipinski definition) is 6. The highest BCUT2D eigenvalue weighted by Gasteiger charge is 2.41. The fourth-order valence-corrected chi connectivity index (χ4v) is 3.95. The molecule has 2 aliphatic heterocycles. The van der Waals surface area contributed by atoms with Crippen molar-refractivity contribution in [1.29, 1.82) is 0 Å². The maximum absolute atomic E-state index is 13.2. The van der Waals surface area contributed by atoms with Gasteiger partial charge in [0.25, 0.3) is 12.4 Å². The lowest BCUT2D eigenvalue weighted by Gasteiger charge is -2.40. The van der Waals surface area contributed by atoms with Crippen LogP contribution in [0.3, 0.4) is 0 Å². The summed E-state index contributed by atoms with van der Waals surface area (Å²) in [6.07, 6.45) is 2.30. The summed E-state index contributed by atoms with van der Waals surface area (Å²) in [5.41, 5.74) is 0.130. The molecule has 1 unspecified atom stereocenters. The first-order valence-corrected chi connectivity index (χ1v) is 9.46. The zero-order valence-corrected chi connectivity index (χ0v) is 17.1. The van der Waals surface area contributed by atoms with Crippen LogP contribution < -0.4 is 14.8 Å². The van der Waals surface area contributed by atoms with Crippen LogP contribution in [-0.4, -0.2) is 86.2 Å². The van der Waals surface area contributed by atoms with E-state index in [9.17, 15) is 9.59 Å². The number of ether oxygens (including phenoxy) is 2. The molecule has 2 aliphatic rings. The van der Waals surface area contributed by atoms with Gasteiger partial charge in [0.2, 0.25) is 5.91 Å². The Morgan fingerprint density at radius 3 is 2.59 bits per heavy atom. The van der Waals surface area contributed by atoms with Gasteiger partial charge in [0.15, 0.2) is 0 Å². The van der Waals surface area contributed by atoms with E-state index < -0.39 is 0 Å². The highest BCUT2D eigenvalue weighted by atomic mass is 16.5. The average molecular weight is 407 g/mol. The summed E-state index contributed by atoms with van der Waals surface area (Å²) in [7, 11) is 5.16. The summed E-state index contributed by atoms with van der Waals surface area (Å²) in [6, 6.07) is 5.22. The Kier molecular flexibility index (Phi) is 7.83. The van der Waals surface area contributed by atoms with E-state index in [4.69, 9.17) is 19.4 Å². The summed E-state index contributed by atoms with van der Waals surface area (Å²) < 4.78 is 10.6. The lowest BCUT2D eigenvalue weighted by Crippen LogP contribution is -2.61. The molecule has 9 nitrogen and oxygen atoms in total. The van der Waals surface area contributed by atoms with Gasteiger partial charge >= 0.3 is 0 Å². The molecule has 0 bridgehead atoms. The van der Waals surface area contributed by atoms with Gasteiger partial charge in [-0.1, -0.05) is 0 Å². The van der Waals surface area contributed by atoms with Crippen LogP contribution in [0.2, 0.25) is 0 Å². The molecule has 2 saturated heterocycles. The normalized spacial score (nSPS) is 22.0. The second-order valence-corrected chi connectivity index (χ2v) is 7.32. The predicted octanol–water partition coefficient (Wildman–Crippen LogP) is 0.831. The predicted molar refractivity (Wildman–Crippen MR) is 106 cm³/mol. The number of piperidine rings is 1. The minimum absolute atomic E-state index is 0.0703. The molecule has 0 saturated carbocycles. The lowest BCUT2D eigenvalue weighted by molar-refractivity contribution is -0.125. The summed E-state index contributed by atoms with van der Waals surface area (Å²) in [5.74, 6) is 1.12. The first kappa shape index (κ1) is 22.5. The van der Waals surface area contributed by atoms with Crippen LogP contribution in [0.15, 0.2) is 18.2 Å². The first-order chi connectivity index (χ1) is 13.9. The average Bonchev–Trinajstić information content (AvgIpc) is 2.85. The van der Waals surface area contributed by atoms with Crippen molar-refractivity contribution in [3.63, 3.8) is 0 Å². The monoisotopic (exact) mass is 407 g/mol. The van der Waals surface area contributed by atoms with E-state index in [2.05, 4.69) is 10.2 Å². The maximum Gasteiger partial charge on any atom is 0.290 e. The smallest absolute Gasteiger partial charge is 0.290 e. The van der Waals surface area contributed by atoms with Gasteiger partial charge in [0.05, 0.1) is 25.3 Å². The largest absolute Gasteiger partial charge is 0.497 e. The van der Waals surface area contributed by atoms with Crippen LogP contribution in [0.1, 0.15) is 29.6 Å². The molecule has 29 heavy (non-hydrogen) atoms. The molecule has 1 aromatic rings. The molecule has 2 N–H and O–H groups in total. The van der Waals surface area contributed by atoms with Crippen molar-refractivity contribution in [3.8, 4) is 11.5 Å². The molecule has 9 heteroatoms. The molecule has 0 aromatic heterocycles. The van der Waals surface area contributed by atoms with E-state index in [1.54, 1.807) is 32.4 Å². The summed E-state index contributed by atoms with van der Waals surface area (Å²) >= 11 is 0. The summed E-state index contributed by atoms with van der Waals surface area (Å²) in [6.45, 7) is 2.39. The van der Waals surface area contributed by atoms with Crippen LogP contribution >= 0.6 is 0 Å². The standard InChI is InChI=1S/C19H27N3O4.CH2O2/c1-21-9-10-22(13-19(12-21)8-4-5-17(23)20-19)18(24)15-7-6-14(25-2)11-16(15)26-3;2-1-3/h6-7,11H,4-5,8-10,12-13H2,1-3H3,(H,20,23);1H,(H,2,3). The molecule has 0 radical (unpaired) electrons. The number of methoxy groups -OCH3 is 2. The number of carbonyl (C=O) groups is 3. The molecule has 3 rings (SSSR count). The van der Waals surface area contributed by atoms with Crippen molar-refractivity contribution in [2.75, 3.05) is 47.4 Å². The number of nitrogens with zero attached hydrogens (tertiary/aromatic N) is 2. The number of benzene rings is 1.